The number of aromatic nitrogens is 2. The lowest BCUT2D eigenvalue weighted by Crippen LogP contribution is -2.09. The summed E-state index contributed by atoms with van der Waals surface area (Å²) in [4.78, 5) is 17.0. The molecule has 4 rings (SSSR count). The van der Waals surface area contributed by atoms with Gasteiger partial charge in [0.25, 0.3) is 0 Å². The number of carbonyl (C=O) groups excluding carboxylic acids is 1. The molecule has 0 radical (unpaired) electrons. The Bertz CT molecular complexity index is 1090. The fraction of sp³-hybridized carbons (Fsp3) is 0.0909. The first-order valence-corrected chi connectivity index (χ1v) is 8.73. The molecule has 6 nitrogen and oxygen atoms in total. The van der Waals surface area contributed by atoms with E-state index in [4.69, 9.17) is 14.2 Å². The highest BCUT2D eigenvalue weighted by atomic mass is 16.6. The van der Waals surface area contributed by atoms with Crippen molar-refractivity contribution in [2.45, 2.75) is 6.61 Å². The fourth-order valence-electron chi connectivity index (χ4n) is 2.79. The maximum atomic E-state index is 12.5. The number of nitrogens with zero attached hydrogens (tertiary/aromatic N) is 2. The van der Waals surface area contributed by atoms with E-state index in [1.54, 1.807) is 42.5 Å². The minimum Gasteiger partial charge on any atom is -0.493 e. The van der Waals surface area contributed by atoms with E-state index >= 15 is 0 Å². The second-order valence-corrected chi connectivity index (χ2v) is 6.06. The average Bonchev–Trinajstić information content (AvgIpc) is 3.16. The number of hydrogen-bond acceptors (Lipinski definition) is 5. The number of hydrogen-bond donors (Lipinski definition) is 0. The van der Waals surface area contributed by atoms with Crippen LogP contribution in [0.25, 0.3) is 5.65 Å². The zero-order chi connectivity index (χ0) is 19.3. The summed E-state index contributed by atoms with van der Waals surface area (Å²) in [5, 5.41) is 0. The Labute approximate surface area is 161 Å². The number of rotatable bonds is 6. The summed E-state index contributed by atoms with van der Waals surface area (Å²) in [5.74, 6) is 0.940. The van der Waals surface area contributed by atoms with Gasteiger partial charge in [-0.15, -0.1) is 0 Å². The number of pyridine rings is 1. The van der Waals surface area contributed by atoms with Crippen LogP contribution >= 0.6 is 0 Å². The van der Waals surface area contributed by atoms with E-state index in [9.17, 15) is 4.79 Å². The minimum absolute atomic E-state index is 0.298. The van der Waals surface area contributed by atoms with Gasteiger partial charge in [0.05, 0.1) is 18.4 Å². The zero-order valence-electron chi connectivity index (χ0n) is 15.2. The van der Waals surface area contributed by atoms with Crippen LogP contribution in [0, 0.1) is 0 Å². The quantitative estimate of drug-likeness (QED) is 0.375. The summed E-state index contributed by atoms with van der Waals surface area (Å²) < 4.78 is 18.4. The maximum absolute atomic E-state index is 12.5. The molecule has 0 aliphatic rings. The van der Waals surface area contributed by atoms with Crippen molar-refractivity contribution >= 4 is 11.6 Å². The largest absolute Gasteiger partial charge is 0.493 e. The van der Waals surface area contributed by atoms with Crippen molar-refractivity contribution in [2.24, 2.45) is 0 Å². The van der Waals surface area contributed by atoms with Crippen LogP contribution in [0.15, 0.2) is 79.1 Å². The number of fused-ring (bicyclic) bond motifs is 1. The molecule has 0 aliphatic heterocycles. The number of methoxy groups -OCH3 is 1. The lowest BCUT2D eigenvalue weighted by molar-refractivity contribution is 0.0729. The summed E-state index contributed by atoms with van der Waals surface area (Å²) in [5.41, 5.74) is 2.04. The van der Waals surface area contributed by atoms with E-state index in [2.05, 4.69) is 4.98 Å². The Balaban J connectivity index is 1.45. The molecule has 0 aliphatic carbocycles. The molecule has 6 heteroatoms. The van der Waals surface area contributed by atoms with E-state index in [1.807, 2.05) is 41.1 Å². The predicted molar refractivity (Wildman–Crippen MR) is 104 cm³/mol. The van der Waals surface area contributed by atoms with E-state index < -0.39 is 5.97 Å². The molecule has 0 saturated heterocycles. The highest BCUT2D eigenvalue weighted by molar-refractivity contribution is 5.91. The van der Waals surface area contributed by atoms with E-state index in [-0.39, 0.29) is 0 Å². The van der Waals surface area contributed by atoms with Gasteiger partial charge in [-0.25, -0.2) is 9.78 Å². The summed E-state index contributed by atoms with van der Waals surface area (Å²) in [6.45, 7) is 0.298. The highest BCUT2D eigenvalue weighted by Gasteiger charge is 2.13. The van der Waals surface area contributed by atoms with Gasteiger partial charge in [0.15, 0.2) is 11.5 Å². The molecule has 0 atom stereocenters. The van der Waals surface area contributed by atoms with E-state index in [0.717, 1.165) is 11.3 Å². The highest BCUT2D eigenvalue weighted by Crippen LogP contribution is 2.27. The Kier molecular flexibility index (Phi) is 4.93. The Morgan fingerprint density at radius 1 is 1.00 bits per heavy atom. The van der Waals surface area contributed by atoms with Gasteiger partial charge in [0.1, 0.15) is 18.0 Å². The first-order valence-electron chi connectivity index (χ1n) is 8.73. The average molecular weight is 374 g/mol. The van der Waals surface area contributed by atoms with Gasteiger partial charge >= 0.3 is 5.97 Å². The van der Waals surface area contributed by atoms with Gasteiger partial charge in [0, 0.05) is 12.4 Å². The van der Waals surface area contributed by atoms with Crippen LogP contribution in [-0.2, 0) is 6.61 Å². The SMILES string of the molecule is COc1ccccc1OC(=O)c1cccc(OCc2cn3ccccc3n2)c1. The molecular formula is C22H18N2O4. The van der Waals surface area contributed by atoms with Crippen molar-refractivity contribution in [3.8, 4) is 17.2 Å². The van der Waals surface area contributed by atoms with Crippen LogP contribution in [-0.4, -0.2) is 22.5 Å². The fourth-order valence-corrected chi connectivity index (χ4v) is 2.79. The van der Waals surface area contributed by atoms with Gasteiger partial charge < -0.3 is 18.6 Å². The molecule has 0 saturated carbocycles. The third-order valence-corrected chi connectivity index (χ3v) is 4.14. The Morgan fingerprint density at radius 3 is 2.64 bits per heavy atom. The number of carbonyl (C=O) groups is 1. The maximum Gasteiger partial charge on any atom is 0.343 e. The Hall–Kier alpha value is -3.80. The molecule has 0 N–H and O–H groups in total. The minimum atomic E-state index is -0.484. The second kappa shape index (κ2) is 7.84. The lowest BCUT2D eigenvalue weighted by Gasteiger charge is -2.10. The van der Waals surface area contributed by atoms with E-state index in [1.165, 1.54) is 7.11 Å². The number of esters is 1. The van der Waals surface area contributed by atoms with Crippen molar-refractivity contribution in [3.05, 3.63) is 90.4 Å². The van der Waals surface area contributed by atoms with Crippen molar-refractivity contribution in [2.75, 3.05) is 7.11 Å². The molecule has 0 fully saturated rings. The van der Waals surface area contributed by atoms with Crippen LogP contribution < -0.4 is 14.2 Å². The molecule has 140 valence electrons. The van der Waals surface area contributed by atoms with Crippen LogP contribution in [0.3, 0.4) is 0 Å². The number of ether oxygens (including phenoxy) is 3. The molecule has 2 aromatic heterocycles. The van der Waals surface area contributed by atoms with Crippen molar-refractivity contribution in [1.29, 1.82) is 0 Å². The monoisotopic (exact) mass is 374 g/mol. The molecule has 28 heavy (non-hydrogen) atoms. The first-order chi connectivity index (χ1) is 13.7. The molecule has 4 aromatic rings. The third kappa shape index (κ3) is 3.81. The summed E-state index contributed by atoms with van der Waals surface area (Å²) in [6, 6.07) is 19.7. The molecule has 0 amide bonds. The van der Waals surface area contributed by atoms with Gasteiger partial charge in [-0.1, -0.05) is 24.3 Å². The smallest absolute Gasteiger partial charge is 0.343 e. The first kappa shape index (κ1) is 17.6. The van der Waals surface area contributed by atoms with Crippen molar-refractivity contribution in [3.63, 3.8) is 0 Å². The van der Waals surface area contributed by atoms with Gasteiger partial charge in [-0.05, 0) is 42.5 Å². The van der Waals surface area contributed by atoms with Crippen molar-refractivity contribution < 1.29 is 19.0 Å². The second-order valence-electron chi connectivity index (χ2n) is 6.06. The summed E-state index contributed by atoms with van der Waals surface area (Å²) in [7, 11) is 1.53. The molecule has 0 bridgehead atoms. The summed E-state index contributed by atoms with van der Waals surface area (Å²) >= 11 is 0. The standard InChI is InChI=1S/C22H18N2O4/c1-26-19-9-2-3-10-20(19)28-22(25)16-7-6-8-18(13-16)27-15-17-14-24-12-5-4-11-21(24)23-17/h2-14H,15H2,1H3. The normalized spacial score (nSPS) is 10.6. The molecule has 0 spiro atoms. The van der Waals surface area contributed by atoms with Crippen LogP contribution in [0.2, 0.25) is 0 Å². The van der Waals surface area contributed by atoms with Crippen LogP contribution in [0.1, 0.15) is 16.1 Å². The molecule has 2 heterocycles. The molecule has 2 aromatic carbocycles. The lowest BCUT2D eigenvalue weighted by atomic mass is 10.2. The Morgan fingerprint density at radius 2 is 1.82 bits per heavy atom. The number of para-hydroxylation sites is 2. The van der Waals surface area contributed by atoms with Gasteiger partial charge in [-0.3, -0.25) is 0 Å². The zero-order valence-corrected chi connectivity index (χ0v) is 15.2. The topological polar surface area (TPSA) is 62.1 Å². The van der Waals surface area contributed by atoms with Crippen molar-refractivity contribution in [1.82, 2.24) is 9.38 Å². The third-order valence-electron chi connectivity index (χ3n) is 4.14. The van der Waals surface area contributed by atoms with Gasteiger partial charge in [0.2, 0.25) is 0 Å². The van der Waals surface area contributed by atoms with Gasteiger partial charge in [-0.2, -0.15) is 0 Å². The number of imidazole rings is 1. The van der Waals surface area contributed by atoms with E-state index in [0.29, 0.717) is 29.4 Å². The number of benzene rings is 2. The van der Waals surface area contributed by atoms with Crippen LogP contribution in [0.4, 0.5) is 0 Å². The molecule has 0 unspecified atom stereocenters. The summed E-state index contributed by atoms with van der Waals surface area (Å²) in [6.07, 6.45) is 3.84. The predicted octanol–water partition coefficient (Wildman–Crippen LogP) is 4.14. The molecular weight excluding hydrogens is 356 g/mol. The van der Waals surface area contributed by atoms with Crippen LogP contribution in [0.5, 0.6) is 17.2 Å².